The quantitative estimate of drug-likeness (QED) is 0.888. The Balaban J connectivity index is 1.86. The third-order valence-electron chi connectivity index (χ3n) is 2.81. The summed E-state index contributed by atoms with van der Waals surface area (Å²) in [7, 11) is 0. The Morgan fingerprint density at radius 3 is 2.47 bits per heavy atom. The molecule has 2 aromatic rings. The van der Waals surface area contributed by atoms with E-state index >= 15 is 0 Å². The van der Waals surface area contributed by atoms with Crippen molar-refractivity contribution in [2.75, 3.05) is 6.54 Å². The first-order valence-electron chi connectivity index (χ1n) is 5.98. The third-order valence-corrected chi connectivity index (χ3v) is 3.23. The average Bonchev–Trinajstić information content (AvgIpc) is 2.74. The van der Waals surface area contributed by atoms with Crippen molar-refractivity contribution < 1.29 is 13.2 Å². The predicted octanol–water partition coefficient (Wildman–Crippen LogP) is 4.21. The molecule has 102 valence electrons. The van der Waals surface area contributed by atoms with Gasteiger partial charge in [-0.2, -0.15) is 0 Å². The van der Waals surface area contributed by atoms with Crippen LogP contribution in [0.1, 0.15) is 24.3 Å². The number of hydrogen-bond donors (Lipinski definition) is 1. The van der Waals surface area contributed by atoms with E-state index in [2.05, 4.69) is 21.2 Å². The van der Waals surface area contributed by atoms with Gasteiger partial charge in [0.1, 0.15) is 17.4 Å². The number of benzene rings is 1. The SMILES string of the molecule is CC(NCCc1cc(F)cc(F)c1)c1ccc(Br)o1. The molecule has 1 atom stereocenters. The molecule has 2 rings (SSSR count). The molecule has 0 aliphatic carbocycles. The van der Waals surface area contributed by atoms with Crippen molar-refractivity contribution in [3.05, 3.63) is 58.0 Å². The van der Waals surface area contributed by atoms with Gasteiger partial charge in [0.25, 0.3) is 0 Å². The number of rotatable bonds is 5. The summed E-state index contributed by atoms with van der Waals surface area (Å²) in [4.78, 5) is 0. The minimum Gasteiger partial charge on any atom is -0.453 e. The standard InChI is InChI=1S/C14H14BrF2NO/c1-9(13-2-3-14(15)19-13)18-5-4-10-6-11(16)8-12(17)7-10/h2-3,6-9,18H,4-5H2,1H3. The third kappa shape index (κ3) is 4.14. The van der Waals surface area contributed by atoms with Crippen LogP contribution in [0, 0.1) is 11.6 Å². The fourth-order valence-electron chi connectivity index (χ4n) is 1.85. The van der Waals surface area contributed by atoms with E-state index < -0.39 is 11.6 Å². The minimum atomic E-state index is -0.544. The van der Waals surface area contributed by atoms with Crippen molar-refractivity contribution in [3.8, 4) is 0 Å². The molecule has 1 aromatic carbocycles. The van der Waals surface area contributed by atoms with Gasteiger partial charge in [-0.1, -0.05) is 0 Å². The molecule has 1 N–H and O–H groups in total. The van der Waals surface area contributed by atoms with E-state index in [0.29, 0.717) is 23.2 Å². The summed E-state index contributed by atoms with van der Waals surface area (Å²) in [6, 6.07) is 7.32. The maximum atomic E-state index is 13.0. The van der Waals surface area contributed by atoms with Crippen molar-refractivity contribution in [2.45, 2.75) is 19.4 Å². The monoisotopic (exact) mass is 329 g/mol. The van der Waals surface area contributed by atoms with Crippen molar-refractivity contribution >= 4 is 15.9 Å². The van der Waals surface area contributed by atoms with Gasteiger partial charge in [-0.3, -0.25) is 0 Å². The lowest BCUT2D eigenvalue weighted by molar-refractivity contribution is 0.420. The van der Waals surface area contributed by atoms with Crippen LogP contribution in [0.25, 0.3) is 0 Å². The number of nitrogens with one attached hydrogen (secondary N) is 1. The van der Waals surface area contributed by atoms with Crippen LogP contribution >= 0.6 is 15.9 Å². The second kappa shape index (κ2) is 6.30. The lowest BCUT2D eigenvalue weighted by atomic mass is 10.1. The Morgan fingerprint density at radius 2 is 1.89 bits per heavy atom. The fourth-order valence-corrected chi connectivity index (χ4v) is 2.17. The van der Waals surface area contributed by atoms with E-state index in [0.717, 1.165) is 11.8 Å². The summed E-state index contributed by atoms with van der Waals surface area (Å²) in [6.45, 7) is 2.58. The Labute approximate surface area is 118 Å². The zero-order chi connectivity index (χ0) is 13.8. The molecule has 0 amide bonds. The highest BCUT2D eigenvalue weighted by atomic mass is 79.9. The zero-order valence-corrected chi connectivity index (χ0v) is 12.0. The van der Waals surface area contributed by atoms with E-state index in [1.807, 2.05) is 19.1 Å². The number of halogens is 3. The molecule has 0 fully saturated rings. The van der Waals surface area contributed by atoms with Gasteiger partial charge < -0.3 is 9.73 Å². The second-order valence-corrected chi connectivity index (χ2v) is 5.13. The van der Waals surface area contributed by atoms with Crippen LogP contribution < -0.4 is 5.32 Å². The molecule has 0 aliphatic heterocycles. The smallest absolute Gasteiger partial charge is 0.169 e. The Bertz CT molecular complexity index is 536. The maximum absolute atomic E-state index is 13.0. The first-order chi connectivity index (χ1) is 9.04. The van der Waals surface area contributed by atoms with E-state index in [1.54, 1.807) is 0 Å². The van der Waals surface area contributed by atoms with E-state index in [-0.39, 0.29) is 6.04 Å². The Morgan fingerprint density at radius 1 is 1.21 bits per heavy atom. The molecule has 5 heteroatoms. The van der Waals surface area contributed by atoms with E-state index in [1.165, 1.54) is 12.1 Å². The molecule has 0 bridgehead atoms. The van der Waals surface area contributed by atoms with Gasteiger partial charge in [0.2, 0.25) is 0 Å². The minimum absolute atomic E-state index is 0.0460. The molecule has 0 saturated carbocycles. The van der Waals surface area contributed by atoms with Crippen molar-refractivity contribution in [1.29, 1.82) is 0 Å². The summed E-state index contributed by atoms with van der Waals surface area (Å²) in [5, 5.41) is 3.24. The van der Waals surface area contributed by atoms with Gasteiger partial charge in [0, 0.05) is 6.07 Å². The van der Waals surface area contributed by atoms with Crippen molar-refractivity contribution in [3.63, 3.8) is 0 Å². The summed E-state index contributed by atoms with van der Waals surface area (Å²) >= 11 is 3.24. The van der Waals surface area contributed by atoms with Crippen molar-refractivity contribution in [1.82, 2.24) is 5.32 Å². The predicted molar refractivity (Wildman–Crippen MR) is 72.9 cm³/mol. The average molecular weight is 330 g/mol. The lowest BCUT2D eigenvalue weighted by Gasteiger charge is -2.11. The zero-order valence-electron chi connectivity index (χ0n) is 10.4. The molecule has 1 aromatic heterocycles. The first kappa shape index (κ1) is 14.2. The van der Waals surface area contributed by atoms with Gasteiger partial charge in [0.05, 0.1) is 6.04 Å². The molecule has 0 saturated heterocycles. The van der Waals surface area contributed by atoms with Crippen LogP contribution in [0.4, 0.5) is 8.78 Å². The van der Waals surface area contributed by atoms with Gasteiger partial charge in [-0.05, 0) is 65.6 Å². The van der Waals surface area contributed by atoms with Crippen LogP contribution in [0.15, 0.2) is 39.4 Å². The fraction of sp³-hybridized carbons (Fsp3) is 0.286. The highest BCUT2D eigenvalue weighted by Gasteiger charge is 2.09. The van der Waals surface area contributed by atoms with Crippen molar-refractivity contribution in [2.24, 2.45) is 0 Å². The van der Waals surface area contributed by atoms with Gasteiger partial charge >= 0.3 is 0 Å². The van der Waals surface area contributed by atoms with Crippen LogP contribution in [-0.4, -0.2) is 6.54 Å². The molecule has 2 nitrogen and oxygen atoms in total. The summed E-state index contributed by atoms with van der Waals surface area (Å²) < 4.78 is 32.1. The largest absolute Gasteiger partial charge is 0.453 e. The number of hydrogen-bond acceptors (Lipinski definition) is 2. The molecule has 1 heterocycles. The highest BCUT2D eigenvalue weighted by Crippen LogP contribution is 2.20. The van der Waals surface area contributed by atoms with Gasteiger partial charge in [0.15, 0.2) is 4.67 Å². The first-order valence-corrected chi connectivity index (χ1v) is 6.77. The summed E-state index contributed by atoms with van der Waals surface area (Å²) in [6.07, 6.45) is 0.556. The summed E-state index contributed by atoms with van der Waals surface area (Å²) in [5.74, 6) is -0.270. The van der Waals surface area contributed by atoms with E-state index in [4.69, 9.17) is 4.42 Å². The van der Waals surface area contributed by atoms with E-state index in [9.17, 15) is 8.78 Å². The van der Waals surface area contributed by atoms with Crippen LogP contribution in [-0.2, 0) is 6.42 Å². The molecule has 0 aliphatic rings. The van der Waals surface area contributed by atoms with Crippen LogP contribution in [0.2, 0.25) is 0 Å². The topological polar surface area (TPSA) is 25.2 Å². The molecular formula is C14H14BrF2NO. The second-order valence-electron chi connectivity index (χ2n) is 4.35. The maximum Gasteiger partial charge on any atom is 0.169 e. The van der Waals surface area contributed by atoms with Gasteiger partial charge in [-0.25, -0.2) is 8.78 Å². The highest BCUT2D eigenvalue weighted by molar-refractivity contribution is 9.10. The molecule has 0 radical (unpaired) electrons. The van der Waals surface area contributed by atoms with Gasteiger partial charge in [-0.15, -0.1) is 0 Å². The molecule has 0 spiro atoms. The number of furan rings is 1. The van der Waals surface area contributed by atoms with Crippen LogP contribution in [0.5, 0.6) is 0 Å². The molecule has 1 unspecified atom stereocenters. The lowest BCUT2D eigenvalue weighted by Crippen LogP contribution is -2.21. The normalized spacial score (nSPS) is 12.6. The molecule has 19 heavy (non-hydrogen) atoms. The molecular weight excluding hydrogens is 316 g/mol. The van der Waals surface area contributed by atoms with Crippen LogP contribution in [0.3, 0.4) is 0 Å². The Kier molecular flexibility index (Phi) is 4.71. The Hall–Kier alpha value is -1.20. The summed E-state index contributed by atoms with van der Waals surface area (Å²) in [5.41, 5.74) is 0.637.